The molecule has 0 atom stereocenters. The fourth-order valence-electron chi connectivity index (χ4n) is 2.39. The topological polar surface area (TPSA) is 84.9 Å². The van der Waals surface area contributed by atoms with Gasteiger partial charge in [-0.15, -0.1) is 11.3 Å². The molecule has 1 aliphatic rings. The zero-order valence-corrected chi connectivity index (χ0v) is 15.3. The summed E-state index contributed by atoms with van der Waals surface area (Å²) < 4.78 is 9.63. The first kappa shape index (κ1) is 18.3. The molecule has 0 unspecified atom stereocenters. The van der Waals surface area contributed by atoms with Crippen LogP contribution in [0.2, 0.25) is 0 Å². The van der Waals surface area contributed by atoms with E-state index in [1.54, 1.807) is 25.7 Å². The van der Waals surface area contributed by atoms with Gasteiger partial charge in [-0.3, -0.25) is 4.79 Å². The molecule has 2 amide bonds. The Hall–Kier alpha value is -2.09. The Bertz CT molecular complexity index is 675. The van der Waals surface area contributed by atoms with Crippen LogP contribution in [0.3, 0.4) is 0 Å². The Kier molecular flexibility index (Phi) is 5.17. The van der Waals surface area contributed by atoms with Crippen molar-refractivity contribution in [3.8, 4) is 0 Å². The number of carbonyl (C=O) groups excluding carboxylic acids is 3. The van der Waals surface area contributed by atoms with E-state index in [9.17, 15) is 14.4 Å². The molecule has 7 nitrogen and oxygen atoms in total. The first-order chi connectivity index (χ1) is 11.2. The van der Waals surface area contributed by atoms with Crippen LogP contribution < -0.4 is 5.32 Å². The average molecular weight is 354 g/mol. The van der Waals surface area contributed by atoms with E-state index in [0.29, 0.717) is 30.1 Å². The van der Waals surface area contributed by atoms with Crippen molar-refractivity contribution >= 4 is 34.3 Å². The lowest BCUT2D eigenvalue weighted by molar-refractivity contribution is -0.123. The minimum atomic E-state index is -0.587. The Morgan fingerprint density at radius 2 is 1.83 bits per heavy atom. The second-order valence-electron chi connectivity index (χ2n) is 6.55. The van der Waals surface area contributed by atoms with Crippen LogP contribution in [0.5, 0.6) is 0 Å². The molecule has 2 heterocycles. The predicted molar refractivity (Wildman–Crippen MR) is 90.3 cm³/mol. The number of nitrogens with zero attached hydrogens (tertiary/aromatic N) is 1. The lowest BCUT2D eigenvalue weighted by Gasteiger charge is -2.25. The minimum absolute atomic E-state index is 0.184. The van der Waals surface area contributed by atoms with E-state index >= 15 is 0 Å². The summed E-state index contributed by atoms with van der Waals surface area (Å²) in [5.74, 6) is -0.667. The van der Waals surface area contributed by atoms with Crippen LogP contribution in [0.25, 0.3) is 0 Å². The summed E-state index contributed by atoms with van der Waals surface area (Å²) in [4.78, 5) is 38.6. The molecule has 0 spiro atoms. The van der Waals surface area contributed by atoms with Gasteiger partial charge in [-0.1, -0.05) is 20.8 Å². The number of hydrogen-bond donors (Lipinski definition) is 1. The van der Waals surface area contributed by atoms with Gasteiger partial charge in [0, 0.05) is 16.8 Å². The molecule has 1 N–H and O–H groups in total. The number of fused-ring (bicyclic) bond motifs is 1. The highest BCUT2D eigenvalue weighted by Gasteiger charge is 2.32. The molecule has 1 aliphatic heterocycles. The van der Waals surface area contributed by atoms with E-state index in [2.05, 4.69) is 5.32 Å². The molecule has 24 heavy (non-hydrogen) atoms. The van der Waals surface area contributed by atoms with Gasteiger partial charge in [0.05, 0.1) is 26.3 Å². The van der Waals surface area contributed by atoms with Crippen molar-refractivity contribution < 1.29 is 23.9 Å². The zero-order chi connectivity index (χ0) is 18.1. The van der Waals surface area contributed by atoms with Gasteiger partial charge in [0.25, 0.3) is 0 Å². The molecule has 0 saturated carbocycles. The van der Waals surface area contributed by atoms with Crippen molar-refractivity contribution in [2.45, 2.75) is 33.7 Å². The molecule has 0 bridgehead atoms. The van der Waals surface area contributed by atoms with Crippen LogP contribution >= 0.6 is 11.3 Å². The summed E-state index contributed by atoms with van der Waals surface area (Å²) in [6.07, 6.45) is 0.102. The summed E-state index contributed by atoms with van der Waals surface area (Å²) >= 11 is 1.30. The van der Waals surface area contributed by atoms with Crippen molar-refractivity contribution in [3.63, 3.8) is 0 Å². The molecular weight excluding hydrogens is 332 g/mol. The standard InChI is InChI=1S/C16H22N2O5S/c1-16(2,3)14(20)17-12-11(13(19)22-4)9-6-7-18(15(21)23-5)8-10(9)24-12/h6-8H2,1-5H3,(H,17,20). The van der Waals surface area contributed by atoms with Crippen molar-refractivity contribution in [1.82, 2.24) is 4.90 Å². The molecule has 0 aromatic carbocycles. The normalized spacial score (nSPS) is 14.0. The van der Waals surface area contributed by atoms with E-state index in [-0.39, 0.29) is 5.91 Å². The number of ether oxygens (including phenoxy) is 2. The van der Waals surface area contributed by atoms with Gasteiger partial charge in [0.2, 0.25) is 5.91 Å². The van der Waals surface area contributed by atoms with Gasteiger partial charge in [-0.05, 0) is 12.0 Å². The summed E-state index contributed by atoms with van der Waals surface area (Å²) in [6.45, 7) is 6.20. The molecular formula is C16H22N2O5S. The number of thiophene rings is 1. The molecule has 0 fully saturated rings. The summed E-state index contributed by atoms with van der Waals surface area (Å²) in [6, 6.07) is 0. The van der Waals surface area contributed by atoms with Crippen molar-refractivity contribution in [3.05, 3.63) is 16.0 Å². The number of carbonyl (C=O) groups is 3. The molecule has 0 aliphatic carbocycles. The smallest absolute Gasteiger partial charge is 0.409 e. The van der Waals surface area contributed by atoms with Gasteiger partial charge < -0.3 is 19.7 Å². The number of nitrogens with one attached hydrogen (secondary N) is 1. The second-order valence-corrected chi connectivity index (χ2v) is 7.65. The first-order valence-electron chi connectivity index (χ1n) is 7.56. The van der Waals surface area contributed by atoms with Gasteiger partial charge in [0.1, 0.15) is 5.00 Å². The summed E-state index contributed by atoms with van der Waals surface area (Å²) in [5.41, 5.74) is 0.631. The maximum absolute atomic E-state index is 12.3. The van der Waals surface area contributed by atoms with Crippen LogP contribution in [0.1, 0.15) is 41.6 Å². The van der Waals surface area contributed by atoms with Crippen molar-refractivity contribution in [1.29, 1.82) is 0 Å². The molecule has 132 valence electrons. The molecule has 1 aromatic heterocycles. The molecule has 0 radical (unpaired) electrons. The zero-order valence-electron chi connectivity index (χ0n) is 14.5. The van der Waals surface area contributed by atoms with E-state index in [4.69, 9.17) is 9.47 Å². The van der Waals surface area contributed by atoms with E-state index in [1.807, 2.05) is 0 Å². The number of methoxy groups -OCH3 is 2. The van der Waals surface area contributed by atoms with E-state index < -0.39 is 17.5 Å². The summed E-state index contributed by atoms with van der Waals surface area (Å²) in [5, 5.41) is 3.30. The Balaban J connectivity index is 2.39. The van der Waals surface area contributed by atoms with Crippen LogP contribution in [0.4, 0.5) is 9.80 Å². The van der Waals surface area contributed by atoms with Crippen LogP contribution in [-0.2, 0) is 27.2 Å². The highest BCUT2D eigenvalue weighted by molar-refractivity contribution is 7.17. The molecule has 8 heteroatoms. The van der Waals surface area contributed by atoms with Crippen LogP contribution in [0, 0.1) is 5.41 Å². The molecule has 1 aromatic rings. The second kappa shape index (κ2) is 6.80. The number of rotatable bonds is 2. The van der Waals surface area contributed by atoms with Gasteiger partial charge in [0.15, 0.2) is 0 Å². The third kappa shape index (κ3) is 3.53. The van der Waals surface area contributed by atoms with Gasteiger partial charge in [-0.2, -0.15) is 0 Å². The third-order valence-corrected chi connectivity index (χ3v) is 4.92. The minimum Gasteiger partial charge on any atom is -0.465 e. The highest BCUT2D eigenvalue weighted by Crippen LogP contribution is 2.38. The van der Waals surface area contributed by atoms with E-state index in [0.717, 1.165) is 10.4 Å². The fraction of sp³-hybridized carbons (Fsp3) is 0.562. The third-order valence-electron chi connectivity index (χ3n) is 3.79. The lowest BCUT2D eigenvalue weighted by atomic mass is 9.95. The number of hydrogen-bond acceptors (Lipinski definition) is 6. The van der Waals surface area contributed by atoms with Crippen molar-refractivity contribution in [2.75, 3.05) is 26.1 Å². The van der Waals surface area contributed by atoms with Crippen LogP contribution in [-0.4, -0.2) is 43.6 Å². The maximum atomic E-state index is 12.3. The Morgan fingerprint density at radius 3 is 2.38 bits per heavy atom. The quantitative estimate of drug-likeness (QED) is 0.825. The Labute approximate surface area is 144 Å². The lowest BCUT2D eigenvalue weighted by Crippen LogP contribution is -2.35. The fourth-order valence-corrected chi connectivity index (χ4v) is 3.63. The average Bonchev–Trinajstić information content (AvgIpc) is 2.89. The highest BCUT2D eigenvalue weighted by atomic mass is 32.1. The molecule has 0 saturated heterocycles. The first-order valence-corrected chi connectivity index (χ1v) is 8.38. The SMILES string of the molecule is COC(=O)c1c(NC(=O)C(C)(C)C)sc2c1CCN(C(=O)OC)C2. The number of esters is 1. The number of amides is 2. The van der Waals surface area contributed by atoms with E-state index in [1.165, 1.54) is 25.6 Å². The Morgan fingerprint density at radius 1 is 1.17 bits per heavy atom. The van der Waals surface area contributed by atoms with Gasteiger partial charge in [-0.25, -0.2) is 9.59 Å². The number of anilines is 1. The van der Waals surface area contributed by atoms with Gasteiger partial charge >= 0.3 is 12.1 Å². The molecule has 2 rings (SSSR count). The summed E-state index contributed by atoms with van der Waals surface area (Å²) in [7, 11) is 2.65. The largest absolute Gasteiger partial charge is 0.465 e. The predicted octanol–water partition coefficient (Wildman–Crippen LogP) is 2.64. The van der Waals surface area contributed by atoms with Crippen LogP contribution in [0.15, 0.2) is 0 Å². The van der Waals surface area contributed by atoms with Crippen molar-refractivity contribution in [2.24, 2.45) is 5.41 Å². The monoisotopic (exact) mass is 354 g/mol. The maximum Gasteiger partial charge on any atom is 0.409 e.